The number of ether oxygens (including phenoxy) is 2. The predicted octanol–water partition coefficient (Wildman–Crippen LogP) is 10.6. The van der Waals surface area contributed by atoms with E-state index in [1.165, 1.54) is 49.7 Å². The molecule has 0 unspecified atom stereocenters. The van der Waals surface area contributed by atoms with E-state index >= 15 is 0 Å². The second kappa shape index (κ2) is 26.3. The monoisotopic (exact) mass is 672 g/mol. The highest BCUT2D eigenvalue weighted by Gasteiger charge is 2.16. The van der Waals surface area contributed by atoms with Crippen LogP contribution in [0.5, 0.6) is 0 Å². The second-order valence-electron chi connectivity index (χ2n) is 13.8. The molecule has 0 amide bonds. The zero-order valence-electron chi connectivity index (χ0n) is 31.0. The van der Waals surface area contributed by atoms with E-state index in [4.69, 9.17) is 18.3 Å². The fraction of sp³-hybridized carbons (Fsp3) is 0.756. The van der Waals surface area contributed by atoms with E-state index in [0.717, 1.165) is 126 Å². The normalized spacial score (nSPS) is 12.0. The van der Waals surface area contributed by atoms with Gasteiger partial charge in [0.15, 0.2) is 6.10 Å². The molecule has 7 heteroatoms. The zero-order valence-corrected chi connectivity index (χ0v) is 31.0. The molecule has 2 heterocycles. The van der Waals surface area contributed by atoms with Gasteiger partial charge >= 0.3 is 11.9 Å². The summed E-state index contributed by atoms with van der Waals surface area (Å²) in [5, 5.41) is 9.60. The Kier molecular flexibility index (Phi) is 22.8. The highest BCUT2D eigenvalue weighted by Crippen LogP contribution is 2.21. The first-order chi connectivity index (χ1) is 23.4. The molecule has 274 valence electrons. The van der Waals surface area contributed by atoms with Crippen LogP contribution < -0.4 is 0 Å². The molecule has 48 heavy (non-hydrogen) atoms. The minimum Gasteiger partial charge on any atom is -0.466 e. The Labute approximate surface area is 291 Å². The van der Waals surface area contributed by atoms with E-state index in [1.54, 1.807) is 0 Å². The molecule has 0 saturated heterocycles. The SMILES string of the molecule is CCCCCc1cc(C)c(CCCCCCCCC(=O)OC[C@H](CO)OC(=O)CCCCCCCCc2oc(CCCCC)cc2C)o1. The lowest BCUT2D eigenvalue weighted by molar-refractivity contribution is -0.161. The molecule has 0 saturated carbocycles. The Balaban J connectivity index is 1.42. The summed E-state index contributed by atoms with van der Waals surface area (Å²) in [6.07, 6.45) is 23.8. The van der Waals surface area contributed by atoms with Gasteiger partial charge < -0.3 is 23.4 Å². The van der Waals surface area contributed by atoms with Crippen LogP contribution in [-0.2, 0) is 44.7 Å². The third-order valence-corrected chi connectivity index (χ3v) is 9.20. The van der Waals surface area contributed by atoms with Gasteiger partial charge in [-0.3, -0.25) is 9.59 Å². The van der Waals surface area contributed by atoms with Crippen molar-refractivity contribution in [1.29, 1.82) is 0 Å². The van der Waals surface area contributed by atoms with Crippen molar-refractivity contribution in [3.05, 3.63) is 46.3 Å². The highest BCUT2D eigenvalue weighted by atomic mass is 16.6. The van der Waals surface area contributed by atoms with Gasteiger partial charge in [0.25, 0.3) is 0 Å². The molecule has 0 spiro atoms. The smallest absolute Gasteiger partial charge is 0.306 e. The average Bonchev–Trinajstić information content (AvgIpc) is 3.61. The van der Waals surface area contributed by atoms with E-state index in [2.05, 4.69) is 39.8 Å². The average molecular weight is 673 g/mol. The molecule has 0 aromatic carbocycles. The lowest BCUT2D eigenvalue weighted by atomic mass is 10.1. The molecule has 1 N–H and O–H groups in total. The Bertz CT molecular complexity index is 1110. The lowest BCUT2D eigenvalue weighted by Gasteiger charge is -2.15. The predicted molar refractivity (Wildman–Crippen MR) is 193 cm³/mol. The minimum atomic E-state index is -0.802. The number of carbonyl (C=O) groups excluding carboxylic acids is 2. The highest BCUT2D eigenvalue weighted by molar-refractivity contribution is 5.70. The van der Waals surface area contributed by atoms with Crippen molar-refractivity contribution in [2.45, 2.75) is 188 Å². The maximum Gasteiger partial charge on any atom is 0.306 e. The van der Waals surface area contributed by atoms with Crippen LogP contribution in [0.3, 0.4) is 0 Å². The maximum absolute atomic E-state index is 12.2. The van der Waals surface area contributed by atoms with Crippen molar-refractivity contribution in [3.63, 3.8) is 0 Å². The standard InChI is InChI=1S/C41H68O7/c1-5-7-17-23-35-29-33(3)38(46-35)25-19-13-9-11-15-21-27-40(43)45-32-37(31-42)48-41(44)28-22-16-12-10-14-20-26-39-34(4)30-36(47-39)24-18-8-6-2/h29-30,37,42H,5-28,31-32H2,1-4H3/t37-/m0/s1. The van der Waals surface area contributed by atoms with Crippen molar-refractivity contribution < 1.29 is 33.0 Å². The summed E-state index contributed by atoms with van der Waals surface area (Å²) >= 11 is 0. The third kappa shape index (κ3) is 18.9. The molecule has 2 rings (SSSR count). The van der Waals surface area contributed by atoms with Gasteiger partial charge in [0.2, 0.25) is 0 Å². The number of esters is 2. The number of aliphatic hydroxyl groups is 1. The van der Waals surface area contributed by atoms with Gasteiger partial charge in [0.1, 0.15) is 29.6 Å². The first kappa shape index (κ1) is 41.6. The van der Waals surface area contributed by atoms with Crippen molar-refractivity contribution in [3.8, 4) is 0 Å². The van der Waals surface area contributed by atoms with Crippen molar-refractivity contribution >= 4 is 11.9 Å². The number of hydrogen-bond acceptors (Lipinski definition) is 7. The zero-order chi connectivity index (χ0) is 34.8. The van der Waals surface area contributed by atoms with Gasteiger partial charge in [-0.2, -0.15) is 0 Å². The van der Waals surface area contributed by atoms with E-state index in [-0.39, 0.29) is 25.2 Å². The van der Waals surface area contributed by atoms with Crippen LogP contribution in [0.4, 0.5) is 0 Å². The summed E-state index contributed by atoms with van der Waals surface area (Å²) in [4.78, 5) is 24.4. The topological polar surface area (TPSA) is 99.1 Å². The quantitative estimate of drug-likeness (QED) is 0.0651. The van der Waals surface area contributed by atoms with E-state index in [9.17, 15) is 14.7 Å². The van der Waals surface area contributed by atoms with Crippen molar-refractivity contribution in [2.75, 3.05) is 13.2 Å². The van der Waals surface area contributed by atoms with Gasteiger partial charge in [0, 0.05) is 38.5 Å². The van der Waals surface area contributed by atoms with Gasteiger partial charge in [-0.05, 0) is 75.6 Å². The first-order valence-electron chi connectivity index (χ1n) is 19.5. The summed E-state index contributed by atoms with van der Waals surface area (Å²) in [5.74, 6) is 3.88. The summed E-state index contributed by atoms with van der Waals surface area (Å²) in [6, 6.07) is 4.41. The number of aliphatic hydroxyl groups excluding tert-OH is 1. The van der Waals surface area contributed by atoms with Crippen molar-refractivity contribution in [2.24, 2.45) is 0 Å². The van der Waals surface area contributed by atoms with Gasteiger partial charge in [-0.15, -0.1) is 0 Å². The lowest BCUT2D eigenvalue weighted by Crippen LogP contribution is -2.28. The molecular formula is C41H68O7. The van der Waals surface area contributed by atoms with Gasteiger partial charge in [-0.1, -0.05) is 90.9 Å². The van der Waals surface area contributed by atoms with Crippen LogP contribution >= 0.6 is 0 Å². The summed E-state index contributed by atoms with van der Waals surface area (Å²) in [6.45, 7) is 8.28. The molecule has 0 aliphatic heterocycles. The largest absolute Gasteiger partial charge is 0.466 e. The van der Waals surface area contributed by atoms with E-state index in [1.807, 2.05) is 0 Å². The summed E-state index contributed by atoms with van der Waals surface area (Å²) < 4.78 is 22.8. The molecule has 0 aliphatic carbocycles. The van der Waals surface area contributed by atoms with Crippen LogP contribution in [0.25, 0.3) is 0 Å². The maximum atomic E-state index is 12.2. The van der Waals surface area contributed by atoms with Crippen LogP contribution in [-0.4, -0.2) is 36.4 Å². The molecule has 7 nitrogen and oxygen atoms in total. The number of aryl methyl sites for hydroxylation is 6. The molecule has 2 aromatic rings. The third-order valence-electron chi connectivity index (χ3n) is 9.20. The molecule has 0 fully saturated rings. The summed E-state index contributed by atoms with van der Waals surface area (Å²) in [7, 11) is 0. The molecular weight excluding hydrogens is 604 g/mol. The number of unbranched alkanes of at least 4 members (excludes halogenated alkanes) is 14. The molecule has 0 aliphatic rings. The van der Waals surface area contributed by atoms with Crippen LogP contribution in [0.1, 0.15) is 176 Å². The van der Waals surface area contributed by atoms with Crippen LogP contribution in [0, 0.1) is 13.8 Å². The molecule has 0 bridgehead atoms. The fourth-order valence-electron chi connectivity index (χ4n) is 6.17. The second-order valence-corrected chi connectivity index (χ2v) is 13.8. The Morgan fingerprint density at radius 3 is 1.48 bits per heavy atom. The van der Waals surface area contributed by atoms with Crippen LogP contribution in [0.15, 0.2) is 21.0 Å². The fourth-order valence-corrected chi connectivity index (χ4v) is 6.17. The number of carbonyl (C=O) groups is 2. The van der Waals surface area contributed by atoms with Crippen LogP contribution in [0.2, 0.25) is 0 Å². The van der Waals surface area contributed by atoms with E-state index < -0.39 is 6.10 Å². The molecule has 0 radical (unpaired) electrons. The number of furan rings is 2. The minimum absolute atomic E-state index is 0.0943. The molecule has 1 atom stereocenters. The van der Waals surface area contributed by atoms with Gasteiger partial charge in [-0.25, -0.2) is 0 Å². The first-order valence-corrected chi connectivity index (χ1v) is 19.5. The summed E-state index contributed by atoms with van der Waals surface area (Å²) in [5.41, 5.74) is 2.55. The van der Waals surface area contributed by atoms with Crippen molar-refractivity contribution in [1.82, 2.24) is 0 Å². The number of hydrogen-bond donors (Lipinski definition) is 1. The number of rotatable bonds is 30. The molecule has 2 aromatic heterocycles. The Morgan fingerprint density at radius 1 is 0.604 bits per heavy atom. The Hall–Kier alpha value is -2.54. The van der Waals surface area contributed by atoms with E-state index in [0.29, 0.717) is 12.8 Å². The Morgan fingerprint density at radius 2 is 1.02 bits per heavy atom. The van der Waals surface area contributed by atoms with Gasteiger partial charge in [0.05, 0.1) is 6.61 Å².